The molecule has 0 atom stereocenters. The van der Waals surface area contributed by atoms with Crippen LogP contribution in [0.4, 0.5) is 0 Å². The van der Waals surface area contributed by atoms with E-state index < -0.39 is 0 Å². The van der Waals surface area contributed by atoms with E-state index in [4.69, 9.17) is 0 Å². The lowest BCUT2D eigenvalue weighted by Crippen LogP contribution is -2.38. The van der Waals surface area contributed by atoms with Gasteiger partial charge >= 0.3 is 0 Å². The van der Waals surface area contributed by atoms with Crippen molar-refractivity contribution in [3.05, 3.63) is 66.5 Å². The Labute approximate surface area is 378 Å². The van der Waals surface area contributed by atoms with Gasteiger partial charge in [0, 0.05) is 45.0 Å². The van der Waals surface area contributed by atoms with E-state index >= 15 is 0 Å². The molecule has 2 aromatic heterocycles. The van der Waals surface area contributed by atoms with Crippen molar-refractivity contribution < 1.29 is 9.13 Å². The highest BCUT2D eigenvalue weighted by atomic mass is 32.2. The van der Waals surface area contributed by atoms with Gasteiger partial charge in [-0.1, -0.05) is 216 Å². The van der Waals surface area contributed by atoms with Crippen LogP contribution in [0.1, 0.15) is 242 Å². The van der Waals surface area contributed by atoms with Crippen LogP contribution in [0.25, 0.3) is 11.6 Å². The van der Waals surface area contributed by atoms with Gasteiger partial charge < -0.3 is 4.90 Å². The van der Waals surface area contributed by atoms with E-state index in [2.05, 4.69) is 96.0 Å². The third-order valence-electron chi connectivity index (χ3n) is 12.4. The molecule has 0 aliphatic carbocycles. The minimum absolute atomic E-state index is 1.11. The van der Waals surface area contributed by atoms with Crippen molar-refractivity contribution in [2.75, 3.05) is 6.54 Å². The molecule has 0 amide bonds. The molecule has 3 nitrogen and oxygen atoms in total. The zero-order chi connectivity index (χ0) is 42.2. The van der Waals surface area contributed by atoms with Crippen molar-refractivity contribution in [2.24, 2.45) is 0 Å². The lowest BCUT2D eigenvalue weighted by Gasteiger charge is -2.21. The van der Waals surface area contributed by atoms with E-state index in [1.807, 2.05) is 34.4 Å². The second-order valence-corrected chi connectivity index (χ2v) is 20.4. The summed E-state index contributed by atoms with van der Waals surface area (Å²) < 4.78 is 5.20. The van der Waals surface area contributed by atoms with E-state index in [0.717, 1.165) is 19.6 Å². The van der Waals surface area contributed by atoms with Crippen LogP contribution in [-0.4, -0.2) is 11.4 Å². The second kappa shape index (κ2) is 33.9. The Kier molecular flexibility index (Phi) is 29.7. The predicted octanol–water partition coefficient (Wildman–Crippen LogP) is 17.6. The molecule has 0 fully saturated rings. The molecular formula is C53H91N3S3+2. The highest BCUT2D eigenvalue weighted by molar-refractivity contribution is 8.06. The number of aromatic nitrogens is 2. The number of aryl methyl sites for hydroxylation is 2. The standard InChI is InChI=1S/C53H91N3S3/c1-7-10-13-16-19-22-25-28-31-34-41-54-47(4)44-57-51(54)39-37-50(53-56(49(6)46-59-53)43-36-33-30-27-24-21-18-15-12-9-3)38-40-52-55(48(5)45-58-52)42-35-32-29-26-23-20-17-14-11-8-2/h37-40,44-46H,7-36,41-43H2,1-6H3/q+2. The topological polar surface area (TPSA) is 11.0 Å². The summed E-state index contributed by atoms with van der Waals surface area (Å²) in [7, 11) is 0. The Morgan fingerprint density at radius 2 is 0.949 bits per heavy atom. The minimum atomic E-state index is 1.11. The maximum Gasteiger partial charge on any atom is 0.269 e. The zero-order valence-electron chi connectivity index (χ0n) is 39.4. The van der Waals surface area contributed by atoms with E-state index in [9.17, 15) is 0 Å². The van der Waals surface area contributed by atoms with Crippen LogP contribution in [0.2, 0.25) is 0 Å². The highest BCUT2D eigenvalue weighted by Crippen LogP contribution is 2.35. The van der Waals surface area contributed by atoms with Crippen LogP contribution in [0, 0.1) is 13.8 Å². The number of unbranched alkanes of at least 4 members (excludes halogenated alkanes) is 27. The maximum absolute atomic E-state index is 2.62. The maximum atomic E-state index is 2.62. The average molecular weight is 867 g/mol. The molecule has 1 aliphatic heterocycles. The molecule has 0 saturated heterocycles. The molecule has 0 N–H and O–H groups in total. The van der Waals surface area contributed by atoms with E-state index in [-0.39, 0.29) is 0 Å². The average Bonchev–Trinajstić information content (AvgIpc) is 3.91. The fraction of sp³-hybridized carbons (Fsp3) is 0.736. The normalized spacial score (nSPS) is 14.2. The molecular weight excluding hydrogens is 775 g/mol. The second-order valence-electron chi connectivity index (χ2n) is 17.7. The molecule has 0 spiro atoms. The first-order valence-electron chi connectivity index (χ1n) is 25.2. The fourth-order valence-corrected chi connectivity index (χ4v) is 11.3. The number of hydrogen-bond donors (Lipinski definition) is 0. The number of thiazole rings is 2. The van der Waals surface area contributed by atoms with Gasteiger partial charge in [-0.05, 0) is 49.8 Å². The number of thioether (sulfide) groups is 1. The van der Waals surface area contributed by atoms with E-state index in [0.29, 0.717) is 0 Å². The van der Waals surface area contributed by atoms with Crippen molar-refractivity contribution in [2.45, 2.75) is 247 Å². The molecule has 3 heterocycles. The molecule has 2 aromatic rings. The van der Waals surface area contributed by atoms with Crippen LogP contribution in [-0.2, 0) is 13.1 Å². The molecule has 1 aliphatic rings. The quantitative estimate of drug-likeness (QED) is 0.0381. The van der Waals surface area contributed by atoms with Gasteiger partial charge in [0.25, 0.3) is 10.0 Å². The lowest BCUT2D eigenvalue weighted by molar-refractivity contribution is -0.700. The minimum Gasteiger partial charge on any atom is -0.339 e. The van der Waals surface area contributed by atoms with E-state index in [1.165, 1.54) is 230 Å². The third-order valence-corrected chi connectivity index (χ3v) is 15.6. The summed E-state index contributed by atoms with van der Waals surface area (Å²) in [5.74, 6) is 0. The Hall–Kier alpha value is -1.63. The molecule has 0 unspecified atom stereocenters. The van der Waals surface area contributed by atoms with Gasteiger partial charge in [0.2, 0.25) is 0 Å². The van der Waals surface area contributed by atoms with Gasteiger partial charge in [-0.15, -0.1) is 0 Å². The lowest BCUT2D eigenvalue weighted by atomic mass is 10.1. The smallest absolute Gasteiger partial charge is 0.269 e. The Bertz CT molecular complexity index is 1480. The van der Waals surface area contributed by atoms with Crippen molar-refractivity contribution in [1.29, 1.82) is 0 Å². The Morgan fingerprint density at radius 3 is 1.46 bits per heavy atom. The first-order chi connectivity index (χ1) is 29.0. The Morgan fingerprint density at radius 1 is 0.525 bits per heavy atom. The van der Waals surface area contributed by atoms with E-state index in [1.54, 1.807) is 0 Å². The summed E-state index contributed by atoms with van der Waals surface area (Å²) in [6.07, 6.45) is 51.2. The molecule has 0 bridgehead atoms. The largest absolute Gasteiger partial charge is 0.339 e. The van der Waals surface area contributed by atoms with Crippen molar-refractivity contribution in [1.82, 2.24) is 4.90 Å². The Balaban J connectivity index is 1.67. The van der Waals surface area contributed by atoms with Gasteiger partial charge in [0.15, 0.2) is 11.4 Å². The first-order valence-corrected chi connectivity index (χ1v) is 27.8. The van der Waals surface area contributed by atoms with Gasteiger partial charge in [-0.25, -0.2) is 0 Å². The SMILES string of the molecule is CCCCCCCCCCCCN1C(C)=CSC1=CC=C(C=Cc1scc(C)[n+]1CCCCCCCCCCCC)c1scc(C)[n+]1CCCCCCCCCCCC. The van der Waals surface area contributed by atoms with Crippen LogP contribution in [0.15, 0.2) is 45.1 Å². The van der Waals surface area contributed by atoms with Crippen molar-refractivity contribution >= 4 is 46.1 Å². The van der Waals surface area contributed by atoms with Crippen LogP contribution >= 0.6 is 34.4 Å². The summed E-state index contributed by atoms with van der Waals surface area (Å²) in [5.41, 5.74) is 5.52. The summed E-state index contributed by atoms with van der Waals surface area (Å²) in [6, 6.07) is 0. The third kappa shape index (κ3) is 21.8. The summed E-state index contributed by atoms with van der Waals surface area (Å²) in [6.45, 7) is 17.2. The van der Waals surface area contributed by atoms with Gasteiger partial charge in [-0.2, -0.15) is 9.13 Å². The molecule has 0 aromatic carbocycles. The molecule has 59 heavy (non-hydrogen) atoms. The number of rotatable bonds is 37. The molecule has 6 heteroatoms. The van der Waals surface area contributed by atoms with Crippen molar-refractivity contribution in [3.8, 4) is 0 Å². The van der Waals surface area contributed by atoms with Crippen LogP contribution < -0.4 is 9.13 Å². The number of hydrogen-bond acceptors (Lipinski definition) is 4. The van der Waals surface area contributed by atoms with Crippen LogP contribution in [0.5, 0.6) is 0 Å². The zero-order valence-corrected chi connectivity index (χ0v) is 41.9. The monoisotopic (exact) mass is 866 g/mol. The van der Waals surface area contributed by atoms with Gasteiger partial charge in [-0.3, -0.25) is 0 Å². The van der Waals surface area contributed by atoms with Gasteiger partial charge in [0.1, 0.15) is 13.1 Å². The van der Waals surface area contributed by atoms with Crippen molar-refractivity contribution in [3.63, 3.8) is 0 Å². The highest BCUT2D eigenvalue weighted by Gasteiger charge is 2.22. The summed E-state index contributed by atoms with van der Waals surface area (Å²) in [4.78, 5) is 2.58. The first kappa shape index (κ1) is 51.7. The summed E-state index contributed by atoms with van der Waals surface area (Å²) >= 11 is 5.74. The number of nitrogens with zero attached hydrogens (tertiary/aromatic N) is 3. The molecule has 0 radical (unpaired) electrons. The fourth-order valence-electron chi connectivity index (χ4n) is 8.45. The predicted molar refractivity (Wildman–Crippen MR) is 267 cm³/mol. The van der Waals surface area contributed by atoms with Gasteiger partial charge in [0.05, 0.1) is 21.4 Å². The molecule has 0 saturated carbocycles. The summed E-state index contributed by atoms with van der Waals surface area (Å²) in [5, 5.41) is 11.3. The molecule has 3 rings (SSSR count). The van der Waals surface area contributed by atoms with Crippen LogP contribution in [0.3, 0.4) is 0 Å². The number of allylic oxidation sites excluding steroid dienone is 5. The molecule has 334 valence electrons.